The Morgan fingerprint density at radius 2 is 2.14 bits per heavy atom. The molecule has 0 amide bonds. The van der Waals surface area contributed by atoms with E-state index in [-0.39, 0.29) is 30.1 Å². The molecule has 2 unspecified atom stereocenters. The first kappa shape index (κ1) is 19.2. The number of rotatable bonds is 5. The smallest absolute Gasteiger partial charge is 0.191 e. The monoisotopic (exact) mass is 417 g/mol. The Labute approximate surface area is 150 Å². The van der Waals surface area contributed by atoms with Gasteiger partial charge in [-0.3, -0.25) is 0 Å². The van der Waals surface area contributed by atoms with Gasteiger partial charge in [0.15, 0.2) is 5.96 Å². The van der Waals surface area contributed by atoms with Gasteiger partial charge >= 0.3 is 0 Å². The molecule has 0 spiro atoms. The zero-order valence-corrected chi connectivity index (χ0v) is 15.8. The minimum Gasteiger partial charge on any atom is -0.393 e. The summed E-state index contributed by atoms with van der Waals surface area (Å²) in [6.45, 7) is 6.46. The third kappa shape index (κ3) is 6.12. The number of nitrogens with zero attached hydrogens (tertiary/aromatic N) is 1. The number of guanidine groups is 1. The van der Waals surface area contributed by atoms with Crippen LogP contribution in [0.3, 0.4) is 0 Å². The predicted molar refractivity (Wildman–Crippen MR) is 103 cm³/mol. The van der Waals surface area contributed by atoms with Crippen LogP contribution >= 0.6 is 24.0 Å². The van der Waals surface area contributed by atoms with Gasteiger partial charge in [-0.1, -0.05) is 36.2 Å². The Bertz CT molecular complexity index is 479. The quantitative estimate of drug-likeness (QED) is 0.393. The summed E-state index contributed by atoms with van der Waals surface area (Å²) in [5.41, 5.74) is 2.47. The summed E-state index contributed by atoms with van der Waals surface area (Å²) in [6, 6.07) is 8.42. The van der Waals surface area contributed by atoms with E-state index in [1.807, 2.05) is 0 Å². The van der Waals surface area contributed by atoms with E-state index < -0.39 is 0 Å². The number of nitrogens with one attached hydrogen (secondary N) is 2. The third-order valence-electron chi connectivity index (χ3n) is 4.00. The van der Waals surface area contributed by atoms with E-state index in [4.69, 9.17) is 0 Å². The van der Waals surface area contributed by atoms with Crippen molar-refractivity contribution in [2.75, 3.05) is 13.1 Å². The molecule has 5 heteroatoms. The molecular weight excluding hydrogens is 389 g/mol. The maximum absolute atomic E-state index is 9.87. The Kier molecular flexibility index (Phi) is 8.78. The van der Waals surface area contributed by atoms with Crippen molar-refractivity contribution in [3.8, 4) is 0 Å². The molecule has 0 bridgehead atoms. The molecule has 0 aromatic heterocycles. The molecule has 3 N–H and O–H groups in total. The maximum Gasteiger partial charge on any atom is 0.191 e. The highest BCUT2D eigenvalue weighted by atomic mass is 127. The van der Waals surface area contributed by atoms with E-state index in [9.17, 15) is 5.11 Å². The lowest BCUT2D eigenvalue weighted by atomic mass is 10.1. The molecule has 1 aromatic carbocycles. The van der Waals surface area contributed by atoms with Gasteiger partial charge in [-0.2, -0.15) is 0 Å². The van der Waals surface area contributed by atoms with Gasteiger partial charge in [0.05, 0.1) is 12.6 Å². The van der Waals surface area contributed by atoms with Gasteiger partial charge < -0.3 is 15.7 Å². The molecule has 0 saturated heterocycles. The van der Waals surface area contributed by atoms with E-state index in [0.717, 1.165) is 38.3 Å². The van der Waals surface area contributed by atoms with Crippen molar-refractivity contribution in [1.82, 2.24) is 10.6 Å². The molecule has 0 aliphatic heterocycles. The van der Waals surface area contributed by atoms with Crippen molar-refractivity contribution in [2.45, 2.75) is 45.8 Å². The molecule has 124 valence electrons. The zero-order chi connectivity index (χ0) is 15.1. The fourth-order valence-corrected chi connectivity index (χ4v) is 2.81. The van der Waals surface area contributed by atoms with Crippen LogP contribution in [0.5, 0.6) is 0 Å². The number of halogens is 1. The highest BCUT2D eigenvalue weighted by Gasteiger charge is 2.24. The largest absolute Gasteiger partial charge is 0.393 e. The maximum atomic E-state index is 9.87. The van der Waals surface area contributed by atoms with Crippen molar-refractivity contribution in [3.63, 3.8) is 0 Å². The average Bonchev–Trinajstić information content (AvgIpc) is 2.87. The van der Waals surface area contributed by atoms with E-state index in [2.05, 4.69) is 53.7 Å². The number of aliphatic imine (C=N–C) groups is 1. The van der Waals surface area contributed by atoms with Gasteiger partial charge in [0.2, 0.25) is 0 Å². The number of benzene rings is 1. The molecule has 1 aliphatic carbocycles. The summed E-state index contributed by atoms with van der Waals surface area (Å²) in [5, 5.41) is 16.5. The van der Waals surface area contributed by atoms with Crippen molar-refractivity contribution in [1.29, 1.82) is 0 Å². The van der Waals surface area contributed by atoms with Gasteiger partial charge in [0.25, 0.3) is 0 Å². The molecular formula is C17H28IN3O. The first-order chi connectivity index (χ1) is 10.2. The second-order valence-electron chi connectivity index (χ2n) is 5.82. The van der Waals surface area contributed by atoms with E-state index in [1.165, 1.54) is 11.1 Å². The minimum absolute atomic E-state index is 0. The molecule has 2 rings (SSSR count). The van der Waals surface area contributed by atoms with Gasteiger partial charge in [-0.25, -0.2) is 4.99 Å². The summed E-state index contributed by atoms with van der Waals surface area (Å²) in [4.78, 5) is 4.62. The van der Waals surface area contributed by atoms with E-state index in [0.29, 0.717) is 12.5 Å². The molecule has 22 heavy (non-hydrogen) atoms. The van der Waals surface area contributed by atoms with Gasteiger partial charge in [0, 0.05) is 19.0 Å². The van der Waals surface area contributed by atoms with Gasteiger partial charge in [-0.05, 0) is 32.3 Å². The molecule has 2 atom stereocenters. The fourth-order valence-electron chi connectivity index (χ4n) is 2.81. The topological polar surface area (TPSA) is 56.7 Å². The number of hydrogen-bond acceptors (Lipinski definition) is 2. The molecule has 0 heterocycles. The van der Waals surface area contributed by atoms with Crippen molar-refractivity contribution in [2.24, 2.45) is 10.9 Å². The summed E-state index contributed by atoms with van der Waals surface area (Å²) >= 11 is 0. The zero-order valence-electron chi connectivity index (χ0n) is 13.5. The second-order valence-corrected chi connectivity index (χ2v) is 5.82. The average molecular weight is 417 g/mol. The first-order valence-corrected chi connectivity index (χ1v) is 7.95. The summed E-state index contributed by atoms with van der Waals surface area (Å²) in [5.74, 6) is 1.19. The molecule has 1 fully saturated rings. The van der Waals surface area contributed by atoms with Crippen LogP contribution in [0.1, 0.15) is 37.3 Å². The van der Waals surface area contributed by atoms with Crippen molar-refractivity contribution >= 4 is 29.9 Å². The van der Waals surface area contributed by atoms with Crippen LogP contribution in [-0.2, 0) is 6.54 Å². The lowest BCUT2D eigenvalue weighted by molar-refractivity contribution is 0.134. The Hall–Kier alpha value is -0.820. The summed E-state index contributed by atoms with van der Waals surface area (Å²) < 4.78 is 0. The van der Waals surface area contributed by atoms with Crippen LogP contribution in [0.2, 0.25) is 0 Å². The standard InChI is InChI=1S/C17H27N3O.HI/c1-3-18-17(20-12-15-8-5-9-16(15)21)19-11-14-7-4-6-13(2)10-14;/h4,6-7,10,15-16,21H,3,5,8-9,11-12H2,1-2H3,(H2,18,19,20);1H. The predicted octanol–water partition coefficient (Wildman–Crippen LogP) is 2.83. The third-order valence-corrected chi connectivity index (χ3v) is 4.00. The van der Waals surface area contributed by atoms with Crippen molar-refractivity contribution < 1.29 is 5.11 Å². The van der Waals surface area contributed by atoms with Crippen LogP contribution in [0.15, 0.2) is 29.3 Å². The van der Waals surface area contributed by atoms with Gasteiger partial charge in [0.1, 0.15) is 0 Å². The number of aliphatic hydroxyl groups excluding tert-OH is 1. The van der Waals surface area contributed by atoms with Crippen LogP contribution in [0.4, 0.5) is 0 Å². The SMILES string of the molecule is CCNC(=NCc1cccc(C)c1)NCC1CCCC1O.I. The van der Waals surface area contributed by atoms with E-state index in [1.54, 1.807) is 0 Å². The van der Waals surface area contributed by atoms with E-state index >= 15 is 0 Å². The molecule has 4 nitrogen and oxygen atoms in total. The Morgan fingerprint density at radius 1 is 1.32 bits per heavy atom. The summed E-state index contributed by atoms with van der Waals surface area (Å²) in [6.07, 6.45) is 3.01. The van der Waals surface area contributed by atoms with Crippen LogP contribution in [-0.4, -0.2) is 30.3 Å². The normalized spacial score (nSPS) is 21.3. The molecule has 0 radical (unpaired) electrons. The lowest BCUT2D eigenvalue weighted by Gasteiger charge is -2.17. The Balaban J connectivity index is 0.00000242. The highest BCUT2D eigenvalue weighted by Crippen LogP contribution is 2.24. The fraction of sp³-hybridized carbons (Fsp3) is 0.588. The van der Waals surface area contributed by atoms with Crippen LogP contribution in [0, 0.1) is 12.8 Å². The van der Waals surface area contributed by atoms with Gasteiger partial charge in [-0.15, -0.1) is 24.0 Å². The number of hydrogen-bond donors (Lipinski definition) is 3. The minimum atomic E-state index is -0.155. The van der Waals surface area contributed by atoms with Crippen LogP contribution in [0.25, 0.3) is 0 Å². The molecule has 1 aliphatic rings. The first-order valence-electron chi connectivity index (χ1n) is 7.95. The second kappa shape index (κ2) is 10.0. The lowest BCUT2D eigenvalue weighted by Crippen LogP contribution is -2.41. The molecule has 1 saturated carbocycles. The molecule has 1 aromatic rings. The number of aryl methyl sites for hydroxylation is 1. The van der Waals surface area contributed by atoms with Crippen LogP contribution < -0.4 is 10.6 Å². The Morgan fingerprint density at radius 3 is 2.77 bits per heavy atom. The van der Waals surface area contributed by atoms with Crippen molar-refractivity contribution in [3.05, 3.63) is 35.4 Å². The summed E-state index contributed by atoms with van der Waals surface area (Å²) in [7, 11) is 0. The highest BCUT2D eigenvalue weighted by molar-refractivity contribution is 14.0. The number of aliphatic hydroxyl groups is 1.